The Morgan fingerprint density at radius 2 is 2.19 bits per heavy atom. The highest BCUT2D eigenvalue weighted by Crippen LogP contribution is 2.20. The number of halogens is 1. The first-order valence-corrected chi connectivity index (χ1v) is 6.59. The van der Waals surface area contributed by atoms with E-state index in [2.05, 4.69) is 36.5 Å². The number of rotatable bonds is 4. The highest BCUT2D eigenvalue weighted by molar-refractivity contribution is 7.10. The van der Waals surface area contributed by atoms with Gasteiger partial charge in [-0.2, -0.15) is 0 Å². The molecule has 1 nitrogen and oxygen atoms in total. The lowest BCUT2D eigenvalue weighted by atomic mass is 10.1. The SMILES string of the molecule is CCc1cccc(NCc2cc(Cl)cs2)c1. The minimum atomic E-state index is 0.823. The fourth-order valence-electron chi connectivity index (χ4n) is 1.54. The average molecular weight is 252 g/mol. The molecule has 0 unspecified atom stereocenters. The molecule has 0 fully saturated rings. The summed E-state index contributed by atoms with van der Waals surface area (Å²) in [7, 11) is 0. The quantitative estimate of drug-likeness (QED) is 0.839. The molecular weight excluding hydrogens is 238 g/mol. The highest BCUT2D eigenvalue weighted by Gasteiger charge is 1.98. The summed E-state index contributed by atoms with van der Waals surface area (Å²) in [5, 5.41) is 6.18. The molecule has 2 rings (SSSR count). The van der Waals surface area contributed by atoms with Crippen LogP contribution < -0.4 is 5.32 Å². The van der Waals surface area contributed by atoms with Crippen LogP contribution in [0.5, 0.6) is 0 Å². The van der Waals surface area contributed by atoms with E-state index in [4.69, 9.17) is 11.6 Å². The van der Waals surface area contributed by atoms with Crippen LogP contribution in [0.1, 0.15) is 17.4 Å². The Labute approximate surface area is 105 Å². The van der Waals surface area contributed by atoms with Gasteiger partial charge in [-0.05, 0) is 30.2 Å². The van der Waals surface area contributed by atoms with Gasteiger partial charge in [-0.3, -0.25) is 0 Å². The van der Waals surface area contributed by atoms with Crippen LogP contribution in [-0.2, 0) is 13.0 Å². The van der Waals surface area contributed by atoms with E-state index in [-0.39, 0.29) is 0 Å². The number of thiophene rings is 1. The molecule has 0 aliphatic carbocycles. The summed E-state index contributed by atoms with van der Waals surface area (Å²) in [4.78, 5) is 1.26. The minimum absolute atomic E-state index is 0.823. The summed E-state index contributed by atoms with van der Waals surface area (Å²) < 4.78 is 0. The fourth-order valence-corrected chi connectivity index (χ4v) is 2.55. The zero-order valence-corrected chi connectivity index (χ0v) is 10.7. The monoisotopic (exact) mass is 251 g/mol. The summed E-state index contributed by atoms with van der Waals surface area (Å²) in [6.45, 7) is 3.00. The van der Waals surface area contributed by atoms with Crippen molar-refractivity contribution in [3.63, 3.8) is 0 Å². The van der Waals surface area contributed by atoms with Gasteiger partial charge >= 0.3 is 0 Å². The zero-order chi connectivity index (χ0) is 11.4. The van der Waals surface area contributed by atoms with Gasteiger partial charge in [0.25, 0.3) is 0 Å². The molecule has 1 aromatic carbocycles. The van der Waals surface area contributed by atoms with Gasteiger partial charge in [0.1, 0.15) is 0 Å². The van der Waals surface area contributed by atoms with Gasteiger partial charge in [0.2, 0.25) is 0 Å². The van der Waals surface area contributed by atoms with Crippen LogP contribution in [-0.4, -0.2) is 0 Å². The second-order valence-electron chi connectivity index (χ2n) is 3.64. The molecule has 0 amide bonds. The summed E-state index contributed by atoms with van der Waals surface area (Å²) in [5.74, 6) is 0. The molecule has 16 heavy (non-hydrogen) atoms. The molecule has 1 N–H and O–H groups in total. The van der Waals surface area contributed by atoms with Crippen molar-refractivity contribution in [1.82, 2.24) is 0 Å². The topological polar surface area (TPSA) is 12.0 Å². The van der Waals surface area contributed by atoms with Crippen LogP contribution in [0.3, 0.4) is 0 Å². The zero-order valence-electron chi connectivity index (χ0n) is 9.16. The first-order valence-electron chi connectivity index (χ1n) is 5.33. The van der Waals surface area contributed by atoms with Crippen molar-refractivity contribution in [3.05, 3.63) is 51.2 Å². The smallest absolute Gasteiger partial charge is 0.0516 e. The maximum Gasteiger partial charge on any atom is 0.0516 e. The van der Waals surface area contributed by atoms with Gasteiger partial charge in [-0.15, -0.1) is 11.3 Å². The molecule has 3 heteroatoms. The normalized spacial score (nSPS) is 10.4. The predicted molar refractivity (Wildman–Crippen MR) is 72.5 cm³/mol. The van der Waals surface area contributed by atoms with E-state index in [1.54, 1.807) is 11.3 Å². The van der Waals surface area contributed by atoms with Gasteiger partial charge in [-0.25, -0.2) is 0 Å². The van der Waals surface area contributed by atoms with E-state index in [1.807, 2.05) is 11.4 Å². The van der Waals surface area contributed by atoms with Crippen LogP contribution in [0.15, 0.2) is 35.7 Å². The molecule has 0 spiro atoms. The van der Waals surface area contributed by atoms with E-state index in [0.29, 0.717) is 0 Å². The van der Waals surface area contributed by atoms with Crippen molar-refractivity contribution in [2.24, 2.45) is 0 Å². The standard InChI is InChI=1S/C13H14ClNS/c1-2-10-4-3-5-12(6-10)15-8-13-7-11(14)9-16-13/h3-7,9,15H,2,8H2,1H3. The largest absolute Gasteiger partial charge is 0.380 e. The van der Waals surface area contributed by atoms with Crippen LogP contribution >= 0.6 is 22.9 Å². The number of aryl methyl sites for hydroxylation is 1. The van der Waals surface area contributed by atoms with Gasteiger partial charge in [0.05, 0.1) is 5.02 Å². The van der Waals surface area contributed by atoms with Crippen molar-refractivity contribution in [3.8, 4) is 0 Å². The van der Waals surface area contributed by atoms with Crippen LogP contribution in [0, 0.1) is 0 Å². The molecular formula is C13H14ClNS. The Kier molecular flexibility index (Phi) is 3.86. The first kappa shape index (κ1) is 11.5. The van der Waals surface area contributed by atoms with Crippen molar-refractivity contribution in [1.29, 1.82) is 0 Å². The lowest BCUT2D eigenvalue weighted by molar-refractivity contribution is 1.13. The molecule has 0 saturated carbocycles. The molecule has 2 aromatic rings. The molecule has 0 atom stereocenters. The van der Waals surface area contributed by atoms with Gasteiger partial charge in [0.15, 0.2) is 0 Å². The van der Waals surface area contributed by atoms with E-state index in [9.17, 15) is 0 Å². The second-order valence-corrected chi connectivity index (χ2v) is 5.07. The van der Waals surface area contributed by atoms with E-state index in [1.165, 1.54) is 16.1 Å². The number of hydrogen-bond donors (Lipinski definition) is 1. The van der Waals surface area contributed by atoms with Gasteiger partial charge in [-0.1, -0.05) is 30.7 Å². The third kappa shape index (κ3) is 3.00. The highest BCUT2D eigenvalue weighted by atomic mass is 35.5. The van der Waals surface area contributed by atoms with E-state index >= 15 is 0 Å². The first-order chi connectivity index (χ1) is 7.78. The molecule has 0 bridgehead atoms. The van der Waals surface area contributed by atoms with Crippen LogP contribution in [0.25, 0.3) is 0 Å². The fraction of sp³-hybridized carbons (Fsp3) is 0.231. The van der Waals surface area contributed by atoms with Crippen molar-refractivity contribution >= 4 is 28.6 Å². The lowest BCUT2D eigenvalue weighted by Gasteiger charge is -2.06. The Hall–Kier alpha value is -0.990. The summed E-state index contributed by atoms with van der Waals surface area (Å²) in [6.07, 6.45) is 1.07. The number of hydrogen-bond acceptors (Lipinski definition) is 2. The van der Waals surface area contributed by atoms with Crippen molar-refractivity contribution in [2.45, 2.75) is 19.9 Å². The average Bonchev–Trinajstić information content (AvgIpc) is 2.73. The Morgan fingerprint density at radius 1 is 1.31 bits per heavy atom. The lowest BCUT2D eigenvalue weighted by Crippen LogP contribution is -1.97. The van der Waals surface area contributed by atoms with Crippen LogP contribution in [0.4, 0.5) is 5.69 Å². The maximum atomic E-state index is 5.87. The third-order valence-electron chi connectivity index (χ3n) is 2.42. The summed E-state index contributed by atoms with van der Waals surface area (Å²) in [5.41, 5.74) is 2.53. The van der Waals surface area contributed by atoms with Gasteiger partial charge < -0.3 is 5.32 Å². The van der Waals surface area contributed by atoms with E-state index in [0.717, 1.165) is 18.0 Å². The third-order valence-corrected chi connectivity index (χ3v) is 3.71. The molecule has 0 aliphatic rings. The molecule has 84 valence electrons. The molecule has 0 saturated heterocycles. The number of benzene rings is 1. The summed E-state index contributed by atoms with van der Waals surface area (Å²) >= 11 is 7.56. The van der Waals surface area contributed by atoms with Gasteiger partial charge in [0, 0.05) is 22.5 Å². The summed E-state index contributed by atoms with van der Waals surface area (Å²) in [6, 6.07) is 10.5. The number of anilines is 1. The maximum absolute atomic E-state index is 5.87. The molecule has 1 aromatic heterocycles. The van der Waals surface area contributed by atoms with Crippen molar-refractivity contribution < 1.29 is 0 Å². The van der Waals surface area contributed by atoms with Crippen LogP contribution in [0.2, 0.25) is 5.02 Å². The molecule has 0 aliphatic heterocycles. The molecule has 1 heterocycles. The second kappa shape index (κ2) is 5.37. The van der Waals surface area contributed by atoms with E-state index < -0.39 is 0 Å². The predicted octanol–water partition coefficient (Wildman–Crippen LogP) is 4.58. The number of nitrogens with one attached hydrogen (secondary N) is 1. The van der Waals surface area contributed by atoms with Crippen molar-refractivity contribution in [2.75, 3.05) is 5.32 Å². The Balaban J connectivity index is 1.99. The minimum Gasteiger partial charge on any atom is -0.380 e. The Morgan fingerprint density at radius 3 is 2.88 bits per heavy atom. The molecule has 0 radical (unpaired) electrons. The Bertz CT molecular complexity index is 464.